The summed E-state index contributed by atoms with van der Waals surface area (Å²) >= 11 is 0. The Bertz CT molecular complexity index is 294. The molecule has 1 fully saturated rings. The van der Waals surface area contributed by atoms with Crippen LogP contribution >= 0.6 is 0 Å². The van der Waals surface area contributed by atoms with Crippen LogP contribution in [0, 0.1) is 0 Å². The molecule has 1 heterocycles. The molecule has 118 valence electrons. The van der Waals surface area contributed by atoms with Crippen LogP contribution in [0.3, 0.4) is 0 Å². The van der Waals surface area contributed by atoms with E-state index in [-0.39, 0.29) is 11.9 Å². The summed E-state index contributed by atoms with van der Waals surface area (Å²) in [6, 6.07) is 1.09. The van der Waals surface area contributed by atoms with Crippen LogP contribution in [0.1, 0.15) is 33.1 Å². The fourth-order valence-electron chi connectivity index (χ4n) is 2.76. The summed E-state index contributed by atoms with van der Waals surface area (Å²) in [5, 5.41) is 6.70. The van der Waals surface area contributed by atoms with Gasteiger partial charge in [0, 0.05) is 39.3 Å². The number of amides is 1. The molecule has 2 unspecified atom stereocenters. The van der Waals surface area contributed by atoms with Crippen molar-refractivity contribution in [2.24, 2.45) is 0 Å². The zero-order valence-electron chi connectivity index (χ0n) is 13.8. The molecular formula is C15H32N4O. The highest BCUT2D eigenvalue weighted by Crippen LogP contribution is 2.17. The lowest BCUT2D eigenvalue weighted by Gasteiger charge is -2.27. The number of likely N-dealkylation sites (N-methyl/N-ethyl adjacent to an activating group) is 2. The Morgan fingerprint density at radius 3 is 2.55 bits per heavy atom. The minimum absolute atomic E-state index is 0.0276. The summed E-state index contributed by atoms with van der Waals surface area (Å²) in [6.07, 6.45) is 3.21. The van der Waals surface area contributed by atoms with Gasteiger partial charge in [-0.3, -0.25) is 9.69 Å². The predicted octanol–water partition coefficient (Wildman–Crippen LogP) is 0.515. The second kappa shape index (κ2) is 8.60. The van der Waals surface area contributed by atoms with Crippen LogP contribution in [0.15, 0.2) is 0 Å². The van der Waals surface area contributed by atoms with E-state index in [0.29, 0.717) is 12.1 Å². The van der Waals surface area contributed by atoms with Gasteiger partial charge in [0.25, 0.3) is 0 Å². The molecule has 5 heteroatoms. The fraction of sp³-hybridized carbons (Fsp3) is 0.933. The zero-order valence-corrected chi connectivity index (χ0v) is 13.8. The van der Waals surface area contributed by atoms with Gasteiger partial charge in [-0.05, 0) is 46.7 Å². The van der Waals surface area contributed by atoms with Crippen LogP contribution in [0.2, 0.25) is 0 Å². The van der Waals surface area contributed by atoms with Crippen LogP contribution in [-0.2, 0) is 4.79 Å². The highest BCUT2D eigenvalue weighted by molar-refractivity contribution is 5.81. The molecule has 0 radical (unpaired) electrons. The Hall–Kier alpha value is -0.650. The third kappa shape index (κ3) is 5.38. The monoisotopic (exact) mass is 284 g/mol. The van der Waals surface area contributed by atoms with E-state index in [0.717, 1.165) is 38.9 Å². The van der Waals surface area contributed by atoms with Crippen molar-refractivity contribution in [3.05, 3.63) is 0 Å². The molecular weight excluding hydrogens is 252 g/mol. The smallest absolute Gasteiger partial charge is 0.239 e. The number of hydrogen-bond acceptors (Lipinski definition) is 4. The molecule has 0 aromatic carbocycles. The van der Waals surface area contributed by atoms with Crippen molar-refractivity contribution in [1.82, 2.24) is 20.4 Å². The molecule has 0 aromatic rings. The van der Waals surface area contributed by atoms with Gasteiger partial charge in [-0.15, -0.1) is 0 Å². The molecule has 2 atom stereocenters. The first kappa shape index (κ1) is 17.4. The van der Waals surface area contributed by atoms with Crippen molar-refractivity contribution in [3.8, 4) is 0 Å². The maximum Gasteiger partial charge on any atom is 0.239 e. The molecule has 20 heavy (non-hydrogen) atoms. The molecule has 0 bridgehead atoms. The van der Waals surface area contributed by atoms with E-state index in [2.05, 4.69) is 29.4 Å². The van der Waals surface area contributed by atoms with Crippen LogP contribution in [0.5, 0.6) is 0 Å². The average molecular weight is 284 g/mol. The van der Waals surface area contributed by atoms with Gasteiger partial charge in [-0.1, -0.05) is 0 Å². The van der Waals surface area contributed by atoms with Crippen molar-refractivity contribution in [3.63, 3.8) is 0 Å². The van der Waals surface area contributed by atoms with Gasteiger partial charge in [-0.25, -0.2) is 0 Å². The van der Waals surface area contributed by atoms with E-state index in [4.69, 9.17) is 0 Å². The summed E-state index contributed by atoms with van der Waals surface area (Å²) in [7, 11) is 5.65. The molecule has 0 spiro atoms. The maximum absolute atomic E-state index is 11.9. The third-order valence-corrected chi connectivity index (χ3v) is 4.12. The first-order valence-corrected chi connectivity index (χ1v) is 7.81. The predicted molar refractivity (Wildman–Crippen MR) is 83.9 cm³/mol. The second-order valence-electron chi connectivity index (χ2n) is 6.25. The Balaban J connectivity index is 2.33. The van der Waals surface area contributed by atoms with Crippen LogP contribution in [0.4, 0.5) is 0 Å². The number of carbonyl (C=O) groups is 1. The van der Waals surface area contributed by atoms with E-state index in [1.54, 1.807) is 4.90 Å². The van der Waals surface area contributed by atoms with Gasteiger partial charge < -0.3 is 15.5 Å². The van der Waals surface area contributed by atoms with E-state index in [1.165, 1.54) is 0 Å². The Labute approximate surface area is 124 Å². The summed E-state index contributed by atoms with van der Waals surface area (Å²) < 4.78 is 0. The molecule has 0 aliphatic carbocycles. The lowest BCUT2D eigenvalue weighted by Crippen LogP contribution is -2.43. The van der Waals surface area contributed by atoms with Gasteiger partial charge >= 0.3 is 0 Å². The van der Waals surface area contributed by atoms with Gasteiger partial charge in [0.2, 0.25) is 5.91 Å². The Kier molecular flexibility index (Phi) is 7.48. The summed E-state index contributed by atoms with van der Waals surface area (Å²) in [6.45, 7) is 7.70. The first-order valence-electron chi connectivity index (χ1n) is 7.81. The summed E-state index contributed by atoms with van der Waals surface area (Å²) in [5.74, 6) is 0.211. The highest BCUT2D eigenvalue weighted by atomic mass is 16.2. The number of rotatable bonds is 8. The normalized spacial score (nSPS) is 22.8. The molecule has 5 nitrogen and oxygen atoms in total. The van der Waals surface area contributed by atoms with Gasteiger partial charge in [0.05, 0.1) is 6.04 Å². The van der Waals surface area contributed by atoms with Crippen LogP contribution in [0.25, 0.3) is 0 Å². The minimum Gasteiger partial charge on any atom is -0.347 e. The van der Waals surface area contributed by atoms with Crippen molar-refractivity contribution in [2.75, 3.05) is 40.8 Å². The van der Waals surface area contributed by atoms with E-state index < -0.39 is 0 Å². The fourth-order valence-corrected chi connectivity index (χ4v) is 2.76. The number of nitrogens with one attached hydrogen (secondary N) is 2. The first-order chi connectivity index (χ1) is 9.45. The molecule has 0 aromatic heterocycles. The molecule has 0 saturated carbocycles. The number of hydrogen-bond donors (Lipinski definition) is 2. The Morgan fingerprint density at radius 1 is 1.30 bits per heavy atom. The quantitative estimate of drug-likeness (QED) is 0.682. The van der Waals surface area contributed by atoms with Crippen molar-refractivity contribution >= 4 is 5.91 Å². The van der Waals surface area contributed by atoms with Gasteiger partial charge in [0.15, 0.2) is 0 Å². The van der Waals surface area contributed by atoms with Crippen LogP contribution in [-0.4, -0.2) is 74.6 Å². The van der Waals surface area contributed by atoms with Crippen LogP contribution < -0.4 is 10.6 Å². The summed E-state index contributed by atoms with van der Waals surface area (Å²) in [4.78, 5) is 16.1. The largest absolute Gasteiger partial charge is 0.347 e. The molecule has 2 N–H and O–H groups in total. The minimum atomic E-state index is 0.0276. The molecule has 1 saturated heterocycles. The van der Waals surface area contributed by atoms with E-state index in [9.17, 15) is 4.79 Å². The standard InChI is InChI=1S/C15H32N4O/c1-12(2)19(11-9-16-3)10-8-13-6-7-14(17-13)15(20)18(4)5/h12-14,16-17H,6-11H2,1-5H3. The third-order valence-electron chi connectivity index (χ3n) is 4.12. The number of carbonyl (C=O) groups excluding carboxylic acids is 1. The van der Waals surface area contributed by atoms with Crippen molar-refractivity contribution < 1.29 is 4.79 Å². The molecule has 1 aliphatic heterocycles. The van der Waals surface area contributed by atoms with Crippen molar-refractivity contribution in [2.45, 2.75) is 51.2 Å². The zero-order chi connectivity index (χ0) is 15.1. The molecule has 1 rings (SSSR count). The molecule has 1 aliphatic rings. The lowest BCUT2D eigenvalue weighted by molar-refractivity contribution is -0.130. The average Bonchev–Trinajstić information content (AvgIpc) is 2.86. The van der Waals surface area contributed by atoms with Gasteiger partial charge in [-0.2, -0.15) is 0 Å². The van der Waals surface area contributed by atoms with E-state index >= 15 is 0 Å². The Morgan fingerprint density at radius 2 is 2.00 bits per heavy atom. The van der Waals surface area contributed by atoms with E-state index in [1.807, 2.05) is 21.1 Å². The topological polar surface area (TPSA) is 47.6 Å². The second-order valence-corrected chi connectivity index (χ2v) is 6.25. The van der Waals surface area contributed by atoms with Crippen molar-refractivity contribution in [1.29, 1.82) is 0 Å². The highest BCUT2D eigenvalue weighted by Gasteiger charge is 2.29. The lowest BCUT2D eigenvalue weighted by atomic mass is 10.1. The summed E-state index contributed by atoms with van der Waals surface area (Å²) in [5.41, 5.74) is 0. The maximum atomic E-state index is 11.9. The van der Waals surface area contributed by atoms with Gasteiger partial charge in [0.1, 0.15) is 0 Å². The SMILES string of the molecule is CNCCN(CCC1CCC(C(=O)N(C)C)N1)C(C)C. The molecule has 1 amide bonds. The number of nitrogens with zero attached hydrogens (tertiary/aromatic N) is 2.